The summed E-state index contributed by atoms with van der Waals surface area (Å²) in [5.74, 6) is 0.0313. The van der Waals surface area contributed by atoms with E-state index in [0.29, 0.717) is 0 Å². The lowest BCUT2D eigenvalue weighted by Gasteiger charge is -2.07. The fraction of sp³-hybridized carbons (Fsp3) is 0.444. The normalized spacial score (nSPS) is 10.3. The van der Waals surface area contributed by atoms with E-state index in [0.717, 1.165) is 11.1 Å². The minimum atomic E-state index is 0.0313. The van der Waals surface area contributed by atoms with Crippen molar-refractivity contribution in [2.45, 2.75) is 26.8 Å². The van der Waals surface area contributed by atoms with Crippen LogP contribution in [0.5, 0.6) is 0 Å². The molecule has 0 aliphatic heterocycles. The Morgan fingerprint density at radius 3 is 2.58 bits per heavy atom. The summed E-state index contributed by atoms with van der Waals surface area (Å²) in [5, 5.41) is 6.72. The number of thiophene rings is 1. The summed E-state index contributed by atoms with van der Waals surface area (Å²) in [7, 11) is 0. The predicted molar refractivity (Wildman–Crippen MR) is 51.7 cm³/mol. The molecule has 0 aliphatic rings. The molecule has 1 heterocycles. The van der Waals surface area contributed by atoms with Crippen molar-refractivity contribution in [1.29, 1.82) is 0 Å². The second-order valence-corrected chi connectivity index (χ2v) is 3.84. The van der Waals surface area contributed by atoms with Crippen LogP contribution in [0.3, 0.4) is 0 Å². The second kappa shape index (κ2) is 3.72. The van der Waals surface area contributed by atoms with Gasteiger partial charge in [-0.1, -0.05) is 0 Å². The average Bonchev–Trinajstić information content (AvgIpc) is 2.33. The van der Waals surface area contributed by atoms with Gasteiger partial charge in [-0.2, -0.15) is 11.3 Å². The molecule has 0 fully saturated rings. The monoisotopic (exact) mass is 183 g/mol. The maximum absolute atomic E-state index is 11.4. The number of hydrogen-bond acceptors (Lipinski definition) is 2. The highest BCUT2D eigenvalue weighted by molar-refractivity contribution is 7.08. The van der Waals surface area contributed by atoms with E-state index in [1.807, 2.05) is 31.5 Å². The molecule has 66 valence electrons. The van der Waals surface area contributed by atoms with Crippen molar-refractivity contribution in [2.75, 3.05) is 0 Å². The van der Waals surface area contributed by atoms with Crippen molar-refractivity contribution < 1.29 is 4.79 Å². The van der Waals surface area contributed by atoms with E-state index in [2.05, 4.69) is 5.32 Å². The van der Waals surface area contributed by atoms with E-state index in [-0.39, 0.29) is 11.9 Å². The van der Waals surface area contributed by atoms with Crippen molar-refractivity contribution in [2.24, 2.45) is 0 Å². The number of rotatable bonds is 2. The number of amides is 1. The molecular weight excluding hydrogens is 170 g/mol. The minimum Gasteiger partial charge on any atom is -0.350 e. The van der Waals surface area contributed by atoms with E-state index < -0.39 is 0 Å². The maximum atomic E-state index is 11.4. The molecule has 1 aromatic heterocycles. The van der Waals surface area contributed by atoms with Crippen LogP contribution in [0.15, 0.2) is 10.8 Å². The van der Waals surface area contributed by atoms with Crippen molar-refractivity contribution in [1.82, 2.24) is 5.32 Å². The van der Waals surface area contributed by atoms with Gasteiger partial charge in [0, 0.05) is 11.4 Å². The molecule has 0 bridgehead atoms. The predicted octanol–water partition coefficient (Wildman–Crippen LogP) is 2.19. The molecule has 0 saturated carbocycles. The van der Waals surface area contributed by atoms with Crippen LogP contribution in [0.25, 0.3) is 0 Å². The van der Waals surface area contributed by atoms with Crippen LogP contribution >= 0.6 is 11.3 Å². The van der Waals surface area contributed by atoms with Crippen LogP contribution in [0.1, 0.15) is 29.8 Å². The third-order valence-corrected chi connectivity index (χ3v) is 2.38. The lowest BCUT2D eigenvalue weighted by molar-refractivity contribution is 0.0943. The molecule has 0 spiro atoms. The number of nitrogens with one attached hydrogen (secondary N) is 1. The van der Waals surface area contributed by atoms with E-state index in [1.54, 1.807) is 11.3 Å². The molecule has 1 rings (SSSR count). The Balaban J connectivity index is 2.72. The first-order chi connectivity index (χ1) is 5.61. The van der Waals surface area contributed by atoms with Crippen LogP contribution < -0.4 is 5.32 Å². The zero-order valence-corrected chi connectivity index (χ0v) is 8.37. The summed E-state index contributed by atoms with van der Waals surface area (Å²) in [6.45, 7) is 5.87. The Hall–Kier alpha value is -0.830. The quantitative estimate of drug-likeness (QED) is 0.748. The maximum Gasteiger partial charge on any atom is 0.252 e. The molecule has 1 aromatic rings. The van der Waals surface area contributed by atoms with Gasteiger partial charge in [0.25, 0.3) is 5.91 Å². The summed E-state index contributed by atoms with van der Waals surface area (Å²) in [5.41, 5.74) is 1.85. The lowest BCUT2D eigenvalue weighted by Crippen LogP contribution is -2.30. The van der Waals surface area contributed by atoms with E-state index >= 15 is 0 Å². The zero-order chi connectivity index (χ0) is 9.14. The topological polar surface area (TPSA) is 29.1 Å². The molecule has 0 atom stereocenters. The van der Waals surface area contributed by atoms with Gasteiger partial charge < -0.3 is 5.32 Å². The number of aryl methyl sites for hydroxylation is 1. The van der Waals surface area contributed by atoms with Crippen LogP contribution in [-0.4, -0.2) is 11.9 Å². The molecule has 0 aromatic carbocycles. The SMILES string of the molecule is Cc1cscc1C(=O)NC(C)C. The van der Waals surface area contributed by atoms with Gasteiger partial charge in [-0.3, -0.25) is 4.79 Å². The third kappa shape index (κ3) is 2.08. The average molecular weight is 183 g/mol. The Morgan fingerprint density at radius 1 is 1.50 bits per heavy atom. The van der Waals surface area contributed by atoms with E-state index in [9.17, 15) is 4.79 Å². The van der Waals surface area contributed by atoms with Gasteiger partial charge in [0.2, 0.25) is 0 Å². The molecule has 3 heteroatoms. The summed E-state index contributed by atoms with van der Waals surface area (Å²) in [6, 6.07) is 0.205. The lowest BCUT2D eigenvalue weighted by atomic mass is 10.2. The van der Waals surface area contributed by atoms with Crippen molar-refractivity contribution in [3.05, 3.63) is 21.9 Å². The fourth-order valence-electron chi connectivity index (χ4n) is 0.933. The Labute approximate surface area is 76.6 Å². The van der Waals surface area contributed by atoms with Gasteiger partial charge >= 0.3 is 0 Å². The molecule has 0 radical (unpaired) electrons. The van der Waals surface area contributed by atoms with Gasteiger partial charge in [-0.05, 0) is 31.7 Å². The van der Waals surface area contributed by atoms with Gasteiger partial charge in [-0.15, -0.1) is 0 Å². The van der Waals surface area contributed by atoms with Gasteiger partial charge in [-0.25, -0.2) is 0 Å². The molecule has 0 unspecified atom stereocenters. The summed E-state index contributed by atoms with van der Waals surface area (Å²) < 4.78 is 0. The van der Waals surface area contributed by atoms with Gasteiger partial charge in [0.15, 0.2) is 0 Å². The molecule has 12 heavy (non-hydrogen) atoms. The smallest absolute Gasteiger partial charge is 0.252 e. The Kier molecular flexibility index (Phi) is 2.87. The first-order valence-corrected chi connectivity index (χ1v) is 4.89. The molecule has 1 amide bonds. The molecule has 0 aliphatic carbocycles. The fourth-order valence-corrected chi connectivity index (χ4v) is 1.76. The highest BCUT2D eigenvalue weighted by Gasteiger charge is 2.09. The van der Waals surface area contributed by atoms with Crippen LogP contribution in [0.2, 0.25) is 0 Å². The van der Waals surface area contributed by atoms with Gasteiger partial charge in [0.05, 0.1) is 5.56 Å². The summed E-state index contributed by atoms with van der Waals surface area (Å²) in [4.78, 5) is 11.4. The van der Waals surface area contributed by atoms with E-state index in [4.69, 9.17) is 0 Å². The number of carbonyl (C=O) groups is 1. The van der Waals surface area contributed by atoms with Crippen LogP contribution in [0.4, 0.5) is 0 Å². The van der Waals surface area contributed by atoms with Crippen molar-refractivity contribution in [3.8, 4) is 0 Å². The first kappa shape index (κ1) is 9.26. The Morgan fingerprint density at radius 2 is 2.17 bits per heavy atom. The van der Waals surface area contributed by atoms with Crippen LogP contribution in [0, 0.1) is 6.92 Å². The highest BCUT2D eigenvalue weighted by Crippen LogP contribution is 2.13. The zero-order valence-electron chi connectivity index (χ0n) is 7.55. The largest absolute Gasteiger partial charge is 0.350 e. The Bertz CT molecular complexity index is 278. The highest BCUT2D eigenvalue weighted by atomic mass is 32.1. The first-order valence-electron chi connectivity index (χ1n) is 3.95. The number of carbonyl (C=O) groups excluding carboxylic acids is 1. The molecular formula is C9H13NOS. The third-order valence-electron chi connectivity index (χ3n) is 1.52. The molecule has 0 saturated heterocycles. The molecule has 1 N–H and O–H groups in total. The molecule has 2 nitrogen and oxygen atoms in total. The van der Waals surface area contributed by atoms with Crippen molar-refractivity contribution in [3.63, 3.8) is 0 Å². The van der Waals surface area contributed by atoms with Gasteiger partial charge in [0.1, 0.15) is 0 Å². The second-order valence-electron chi connectivity index (χ2n) is 3.10. The minimum absolute atomic E-state index is 0.0313. The van der Waals surface area contributed by atoms with Crippen molar-refractivity contribution >= 4 is 17.2 Å². The summed E-state index contributed by atoms with van der Waals surface area (Å²) in [6.07, 6.45) is 0. The summed E-state index contributed by atoms with van der Waals surface area (Å²) >= 11 is 1.56. The van der Waals surface area contributed by atoms with Crippen LogP contribution in [-0.2, 0) is 0 Å². The van der Waals surface area contributed by atoms with E-state index in [1.165, 1.54) is 0 Å². The standard InChI is InChI=1S/C9H13NOS/c1-6(2)10-9(11)8-5-12-4-7(8)3/h4-6H,1-3H3,(H,10,11). The number of hydrogen-bond donors (Lipinski definition) is 1.